The first-order chi connectivity index (χ1) is 9.26. The molecule has 1 heterocycles. The van der Waals surface area contributed by atoms with E-state index in [9.17, 15) is 4.39 Å². The number of rotatable bonds is 6. The van der Waals surface area contributed by atoms with Crippen molar-refractivity contribution in [2.75, 3.05) is 13.7 Å². The first-order valence-corrected chi connectivity index (χ1v) is 6.35. The number of benzene rings is 1. The van der Waals surface area contributed by atoms with Gasteiger partial charge >= 0.3 is 0 Å². The molecule has 1 aromatic carbocycles. The average Bonchev–Trinajstić information content (AvgIpc) is 2.93. The van der Waals surface area contributed by atoms with Crippen LogP contribution in [0.1, 0.15) is 30.5 Å². The van der Waals surface area contributed by atoms with Crippen molar-refractivity contribution in [2.24, 2.45) is 0 Å². The van der Waals surface area contributed by atoms with Crippen molar-refractivity contribution < 1.29 is 13.5 Å². The Morgan fingerprint density at radius 2 is 2.21 bits per heavy atom. The first-order valence-electron chi connectivity index (χ1n) is 6.35. The zero-order valence-electron chi connectivity index (χ0n) is 11.2. The molecule has 0 fully saturated rings. The maximum atomic E-state index is 13.5. The van der Waals surface area contributed by atoms with Crippen LogP contribution in [0.15, 0.2) is 41.2 Å². The summed E-state index contributed by atoms with van der Waals surface area (Å²) >= 11 is 0. The van der Waals surface area contributed by atoms with Gasteiger partial charge in [-0.15, -0.1) is 0 Å². The van der Waals surface area contributed by atoms with Crippen LogP contribution in [0, 0.1) is 5.82 Å². The van der Waals surface area contributed by atoms with Gasteiger partial charge in [-0.2, -0.15) is 0 Å². The maximum absolute atomic E-state index is 13.5. The summed E-state index contributed by atoms with van der Waals surface area (Å²) in [6.07, 6.45) is 4.27. The van der Waals surface area contributed by atoms with Gasteiger partial charge < -0.3 is 14.5 Å². The van der Waals surface area contributed by atoms with Crippen molar-refractivity contribution in [1.29, 1.82) is 0 Å². The molecular formula is C15H18FNO2. The lowest BCUT2D eigenvalue weighted by Gasteiger charge is -2.20. The highest BCUT2D eigenvalue weighted by Gasteiger charge is 2.19. The minimum absolute atomic E-state index is 0.135. The highest BCUT2D eigenvalue weighted by atomic mass is 19.1. The Balaban J connectivity index is 2.39. The fourth-order valence-electron chi connectivity index (χ4n) is 2.07. The van der Waals surface area contributed by atoms with Crippen molar-refractivity contribution >= 4 is 0 Å². The summed E-state index contributed by atoms with van der Waals surface area (Å²) in [7, 11) is 1.59. The van der Waals surface area contributed by atoms with Crippen LogP contribution in [-0.4, -0.2) is 13.7 Å². The number of hydrogen-bond acceptors (Lipinski definition) is 3. The summed E-state index contributed by atoms with van der Waals surface area (Å²) < 4.78 is 23.9. The molecule has 0 radical (unpaired) electrons. The molecule has 2 aromatic rings. The van der Waals surface area contributed by atoms with Crippen molar-refractivity contribution in [3.05, 3.63) is 53.7 Å². The van der Waals surface area contributed by atoms with Gasteiger partial charge in [0.15, 0.2) is 0 Å². The van der Waals surface area contributed by atoms with Crippen LogP contribution in [-0.2, 0) is 0 Å². The van der Waals surface area contributed by atoms with E-state index in [0.29, 0.717) is 5.75 Å². The van der Waals surface area contributed by atoms with Gasteiger partial charge in [-0.3, -0.25) is 0 Å². The van der Waals surface area contributed by atoms with E-state index in [4.69, 9.17) is 9.15 Å². The van der Waals surface area contributed by atoms with Crippen molar-refractivity contribution in [3.8, 4) is 5.75 Å². The highest BCUT2D eigenvalue weighted by molar-refractivity contribution is 5.41. The van der Waals surface area contributed by atoms with E-state index in [1.54, 1.807) is 25.7 Å². The van der Waals surface area contributed by atoms with E-state index >= 15 is 0 Å². The fraction of sp³-hybridized carbons (Fsp3) is 0.333. The molecule has 0 bridgehead atoms. The molecule has 0 amide bonds. The summed E-state index contributed by atoms with van der Waals surface area (Å²) in [5.74, 6) is 0.388. The third-order valence-electron chi connectivity index (χ3n) is 2.98. The summed E-state index contributed by atoms with van der Waals surface area (Å²) in [6.45, 7) is 2.91. The summed E-state index contributed by atoms with van der Waals surface area (Å²) in [4.78, 5) is 0. The molecule has 0 spiro atoms. The predicted octanol–water partition coefficient (Wildman–Crippen LogP) is 3.52. The highest BCUT2D eigenvalue weighted by Crippen LogP contribution is 2.31. The van der Waals surface area contributed by atoms with Gasteiger partial charge in [0.2, 0.25) is 0 Å². The molecule has 1 atom stereocenters. The van der Waals surface area contributed by atoms with Crippen molar-refractivity contribution in [1.82, 2.24) is 5.32 Å². The molecule has 1 unspecified atom stereocenters. The molecule has 1 aromatic heterocycles. The van der Waals surface area contributed by atoms with Gasteiger partial charge in [-0.05, 0) is 37.2 Å². The largest absolute Gasteiger partial charge is 0.496 e. The van der Waals surface area contributed by atoms with E-state index in [1.807, 2.05) is 6.07 Å². The first kappa shape index (κ1) is 13.6. The average molecular weight is 263 g/mol. The number of nitrogens with one attached hydrogen (secondary N) is 1. The number of methoxy groups -OCH3 is 1. The maximum Gasteiger partial charge on any atom is 0.124 e. The zero-order valence-corrected chi connectivity index (χ0v) is 11.2. The van der Waals surface area contributed by atoms with Gasteiger partial charge in [0.05, 0.1) is 25.7 Å². The van der Waals surface area contributed by atoms with Crippen LogP contribution in [0.2, 0.25) is 0 Å². The van der Waals surface area contributed by atoms with Crippen LogP contribution in [0.5, 0.6) is 5.75 Å². The SMILES string of the molecule is CCCNC(c1ccoc1)c1cc(F)ccc1OC. The molecule has 0 aliphatic heterocycles. The third-order valence-corrected chi connectivity index (χ3v) is 2.98. The number of furan rings is 1. The van der Waals surface area contributed by atoms with Crippen LogP contribution >= 0.6 is 0 Å². The molecule has 0 aliphatic carbocycles. The lowest BCUT2D eigenvalue weighted by Crippen LogP contribution is -2.23. The molecule has 0 saturated carbocycles. The minimum atomic E-state index is -0.275. The normalized spacial score (nSPS) is 12.4. The number of ether oxygens (including phenoxy) is 1. The topological polar surface area (TPSA) is 34.4 Å². The minimum Gasteiger partial charge on any atom is -0.496 e. The second-order valence-electron chi connectivity index (χ2n) is 4.33. The lowest BCUT2D eigenvalue weighted by molar-refractivity contribution is 0.402. The van der Waals surface area contributed by atoms with E-state index in [-0.39, 0.29) is 11.9 Å². The summed E-state index contributed by atoms with van der Waals surface area (Å²) in [5.41, 5.74) is 1.73. The molecule has 4 heteroatoms. The van der Waals surface area contributed by atoms with E-state index < -0.39 is 0 Å². The molecule has 19 heavy (non-hydrogen) atoms. The van der Waals surface area contributed by atoms with Crippen molar-refractivity contribution in [2.45, 2.75) is 19.4 Å². The quantitative estimate of drug-likeness (QED) is 0.866. The second kappa shape index (κ2) is 6.38. The van der Waals surface area contributed by atoms with E-state index in [2.05, 4.69) is 12.2 Å². The van der Waals surface area contributed by atoms with Gasteiger partial charge in [0, 0.05) is 11.1 Å². The zero-order chi connectivity index (χ0) is 13.7. The lowest BCUT2D eigenvalue weighted by atomic mass is 10.00. The molecule has 102 valence electrons. The Labute approximate surface area is 112 Å². The predicted molar refractivity (Wildman–Crippen MR) is 71.8 cm³/mol. The summed E-state index contributed by atoms with van der Waals surface area (Å²) in [5, 5.41) is 3.38. The van der Waals surface area contributed by atoms with Crippen LogP contribution in [0.3, 0.4) is 0 Å². The van der Waals surface area contributed by atoms with Gasteiger partial charge in [0.1, 0.15) is 11.6 Å². The smallest absolute Gasteiger partial charge is 0.124 e. The number of halogens is 1. The number of hydrogen-bond donors (Lipinski definition) is 1. The second-order valence-corrected chi connectivity index (χ2v) is 4.33. The molecule has 3 nitrogen and oxygen atoms in total. The monoisotopic (exact) mass is 263 g/mol. The van der Waals surface area contributed by atoms with E-state index in [1.165, 1.54) is 12.1 Å². The van der Waals surface area contributed by atoms with Gasteiger partial charge in [-0.25, -0.2) is 4.39 Å². The summed E-state index contributed by atoms with van der Waals surface area (Å²) in [6, 6.07) is 6.28. The van der Waals surface area contributed by atoms with E-state index in [0.717, 1.165) is 24.1 Å². The Bertz CT molecular complexity index is 511. The Morgan fingerprint density at radius 3 is 2.84 bits per heavy atom. The van der Waals surface area contributed by atoms with Crippen LogP contribution in [0.25, 0.3) is 0 Å². The Morgan fingerprint density at radius 1 is 1.37 bits per heavy atom. The van der Waals surface area contributed by atoms with Crippen molar-refractivity contribution in [3.63, 3.8) is 0 Å². The molecule has 0 saturated heterocycles. The van der Waals surface area contributed by atoms with Gasteiger partial charge in [-0.1, -0.05) is 6.92 Å². The molecular weight excluding hydrogens is 245 g/mol. The Hall–Kier alpha value is -1.81. The fourth-order valence-corrected chi connectivity index (χ4v) is 2.07. The molecule has 1 N–H and O–H groups in total. The van der Waals surface area contributed by atoms with Crippen LogP contribution < -0.4 is 10.1 Å². The third kappa shape index (κ3) is 3.15. The van der Waals surface area contributed by atoms with Gasteiger partial charge in [0.25, 0.3) is 0 Å². The van der Waals surface area contributed by atoms with Crippen LogP contribution in [0.4, 0.5) is 4.39 Å². The molecule has 0 aliphatic rings. The molecule has 2 rings (SSSR count). The standard InChI is InChI=1S/C15H18FNO2/c1-3-7-17-15(11-6-8-19-10-11)13-9-12(16)4-5-14(13)18-2/h4-6,8-10,15,17H,3,7H2,1-2H3. The Kier molecular flexibility index (Phi) is 4.58.